The Kier molecular flexibility index (Phi) is 9.66. The van der Waals surface area contributed by atoms with E-state index in [9.17, 15) is 5.11 Å². The molecule has 1 aromatic rings. The van der Waals surface area contributed by atoms with Crippen LogP contribution in [0.3, 0.4) is 0 Å². The summed E-state index contributed by atoms with van der Waals surface area (Å²) in [7, 11) is 0. The Bertz CT molecular complexity index is 444. The van der Waals surface area contributed by atoms with Gasteiger partial charge in [0.15, 0.2) is 0 Å². The summed E-state index contributed by atoms with van der Waals surface area (Å²) in [6, 6.07) is 10.5. The van der Waals surface area contributed by atoms with Crippen molar-refractivity contribution >= 4 is 24.8 Å². The maximum Gasteiger partial charge on any atom is 0.0936 e. The van der Waals surface area contributed by atoms with Crippen molar-refractivity contribution in [1.82, 2.24) is 4.90 Å². The first-order valence-corrected chi connectivity index (χ1v) is 9.29. The lowest BCUT2D eigenvalue weighted by Crippen LogP contribution is -2.41. The molecule has 1 aliphatic carbocycles. The zero-order valence-electron chi connectivity index (χ0n) is 14.7. The van der Waals surface area contributed by atoms with E-state index in [1.807, 2.05) is 0 Å². The standard InChI is InChI=1S/C20H31NO.2ClH/c22-20(18-10-4-1-5-11-18,19-12-6-2-7-13-19)14-17-21-15-8-3-9-16-21;;/h1,4-5,10-11,19,22H,2-3,6-9,12-17H2;2*1H. The van der Waals surface area contributed by atoms with Gasteiger partial charge >= 0.3 is 0 Å². The van der Waals surface area contributed by atoms with E-state index in [1.54, 1.807) is 0 Å². The summed E-state index contributed by atoms with van der Waals surface area (Å²) in [6.07, 6.45) is 11.2. The van der Waals surface area contributed by atoms with Crippen molar-refractivity contribution in [3.63, 3.8) is 0 Å². The second kappa shape index (κ2) is 10.7. The van der Waals surface area contributed by atoms with Crippen LogP contribution < -0.4 is 0 Å². The van der Waals surface area contributed by atoms with Gasteiger partial charge in [-0.3, -0.25) is 0 Å². The second-order valence-electron chi connectivity index (χ2n) is 7.28. The average molecular weight is 374 g/mol. The van der Waals surface area contributed by atoms with Crippen molar-refractivity contribution in [3.8, 4) is 0 Å². The molecular formula is C20H33Cl2NO. The minimum Gasteiger partial charge on any atom is -0.385 e. The minimum absolute atomic E-state index is 0. The molecule has 0 bridgehead atoms. The van der Waals surface area contributed by atoms with Crippen molar-refractivity contribution in [2.45, 2.75) is 63.4 Å². The first-order valence-electron chi connectivity index (χ1n) is 9.29. The number of rotatable bonds is 5. The minimum atomic E-state index is -0.626. The van der Waals surface area contributed by atoms with Crippen molar-refractivity contribution in [2.24, 2.45) is 5.92 Å². The molecule has 2 nitrogen and oxygen atoms in total. The van der Waals surface area contributed by atoms with E-state index >= 15 is 0 Å². The lowest BCUT2D eigenvalue weighted by Gasteiger charge is -2.40. The van der Waals surface area contributed by atoms with Crippen molar-refractivity contribution in [1.29, 1.82) is 0 Å². The number of hydrogen-bond donors (Lipinski definition) is 1. The van der Waals surface area contributed by atoms with Crippen LogP contribution in [0, 0.1) is 5.92 Å². The highest BCUT2D eigenvalue weighted by Gasteiger charge is 2.38. The Balaban J connectivity index is 0.00000144. The monoisotopic (exact) mass is 373 g/mol. The molecule has 0 amide bonds. The normalized spacial score (nSPS) is 22.0. The molecule has 2 fully saturated rings. The van der Waals surface area contributed by atoms with E-state index in [0.29, 0.717) is 5.92 Å². The predicted molar refractivity (Wildman–Crippen MR) is 106 cm³/mol. The number of hydrogen-bond acceptors (Lipinski definition) is 2. The molecule has 1 saturated carbocycles. The summed E-state index contributed by atoms with van der Waals surface area (Å²) in [5, 5.41) is 11.6. The molecule has 24 heavy (non-hydrogen) atoms. The molecule has 138 valence electrons. The Morgan fingerprint density at radius 2 is 1.46 bits per heavy atom. The third-order valence-electron chi connectivity index (χ3n) is 5.81. The molecule has 1 heterocycles. The van der Waals surface area contributed by atoms with Gasteiger partial charge in [0.1, 0.15) is 0 Å². The molecule has 1 aliphatic heterocycles. The van der Waals surface area contributed by atoms with Crippen LogP contribution in [0.5, 0.6) is 0 Å². The smallest absolute Gasteiger partial charge is 0.0936 e. The summed E-state index contributed by atoms with van der Waals surface area (Å²) in [5.41, 5.74) is 0.512. The van der Waals surface area contributed by atoms with Gasteiger partial charge in [0.2, 0.25) is 0 Å². The molecule has 1 unspecified atom stereocenters. The maximum absolute atomic E-state index is 11.6. The van der Waals surface area contributed by atoms with Crippen LogP contribution in [0.2, 0.25) is 0 Å². The largest absolute Gasteiger partial charge is 0.385 e. The Morgan fingerprint density at radius 1 is 0.875 bits per heavy atom. The highest BCUT2D eigenvalue weighted by Crippen LogP contribution is 2.41. The highest BCUT2D eigenvalue weighted by molar-refractivity contribution is 5.85. The second-order valence-corrected chi connectivity index (χ2v) is 7.28. The molecule has 4 heteroatoms. The molecule has 0 spiro atoms. The van der Waals surface area contributed by atoms with Crippen molar-refractivity contribution in [3.05, 3.63) is 35.9 Å². The Morgan fingerprint density at radius 3 is 2.08 bits per heavy atom. The summed E-state index contributed by atoms with van der Waals surface area (Å²) >= 11 is 0. The summed E-state index contributed by atoms with van der Waals surface area (Å²) in [5.74, 6) is 0.438. The molecule has 2 aliphatic rings. The summed E-state index contributed by atoms with van der Waals surface area (Å²) in [6.45, 7) is 3.48. The zero-order valence-corrected chi connectivity index (χ0v) is 16.3. The summed E-state index contributed by atoms with van der Waals surface area (Å²) in [4.78, 5) is 2.56. The zero-order chi connectivity index (χ0) is 15.3. The SMILES string of the molecule is Cl.Cl.OC(CCN1CCCCC1)(c1ccccc1)C1CCCCC1. The fourth-order valence-electron chi connectivity index (χ4n) is 4.40. The molecule has 3 rings (SSSR count). The third-order valence-corrected chi connectivity index (χ3v) is 5.81. The molecule has 0 aromatic heterocycles. The molecule has 1 saturated heterocycles. The van der Waals surface area contributed by atoms with Gasteiger partial charge in [-0.05, 0) is 56.7 Å². The lowest BCUT2D eigenvalue weighted by molar-refractivity contribution is -0.0528. The van der Waals surface area contributed by atoms with Gasteiger partial charge in [-0.15, -0.1) is 24.8 Å². The van der Waals surface area contributed by atoms with Gasteiger partial charge in [-0.2, -0.15) is 0 Å². The van der Waals surface area contributed by atoms with Crippen molar-refractivity contribution < 1.29 is 5.11 Å². The lowest BCUT2D eigenvalue weighted by atomic mass is 9.71. The van der Waals surface area contributed by atoms with E-state index in [4.69, 9.17) is 0 Å². The first-order chi connectivity index (χ1) is 10.8. The fraction of sp³-hybridized carbons (Fsp3) is 0.700. The predicted octanol–water partition coefficient (Wildman–Crippen LogP) is 5.17. The fourth-order valence-corrected chi connectivity index (χ4v) is 4.40. The van der Waals surface area contributed by atoms with E-state index < -0.39 is 5.60 Å². The van der Waals surface area contributed by atoms with Gasteiger partial charge < -0.3 is 10.0 Å². The van der Waals surface area contributed by atoms with Gasteiger partial charge in [0, 0.05) is 6.54 Å². The molecule has 1 aromatic carbocycles. The van der Waals surface area contributed by atoms with Gasteiger partial charge in [-0.25, -0.2) is 0 Å². The number of benzene rings is 1. The Labute approximate surface area is 159 Å². The van der Waals surface area contributed by atoms with Crippen LogP contribution >= 0.6 is 24.8 Å². The number of nitrogens with zero attached hydrogens (tertiary/aromatic N) is 1. The first kappa shape index (κ1) is 21.8. The van der Waals surface area contributed by atoms with Crippen LogP contribution in [-0.2, 0) is 5.60 Å². The van der Waals surface area contributed by atoms with Gasteiger partial charge in [-0.1, -0.05) is 56.0 Å². The van der Waals surface area contributed by atoms with E-state index in [1.165, 1.54) is 64.5 Å². The summed E-state index contributed by atoms with van der Waals surface area (Å²) < 4.78 is 0. The van der Waals surface area contributed by atoms with E-state index in [2.05, 4.69) is 35.2 Å². The highest BCUT2D eigenvalue weighted by atomic mass is 35.5. The van der Waals surface area contributed by atoms with Crippen LogP contribution in [-0.4, -0.2) is 29.6 Å². The average Bonchev–Trinajstić information content (AvgIpc) is 2.62. The quantitative estimate of drug-likeness (QED) is 0.768. The van der Waals surface area contributed by atoms with Gasteiger partial charge in [0.25, 0.3) is 0 Å². The Hall–Kier alpha value is -0.280. The molecule has 1 atom stereocenters. The number of piperidine rings is 1. The van der Waals surface area contributed by atoms with Crippen LogP contribution in [0.4, 0.5) is 0 Å². The van der Waals surface area contributed by atoms with Gasteiger partial charge in [0.05, 0.1) is 5.60 Å². The van der Waals surface area contributed by atoms with Crippen LogP contribution in [0.15, 0.2) is 30.3 Å². The third kappa shape index (κ3) is 5.36. The molecule has 1 N–H and O–H groups in total. The van der Waals surface area contributed by atoms with Crippen molar-refractivity contribution in [2.75, 3.05) is 19.6 Å². The molecule has 0 radical (unpaired) electrons. The number of aliphatic hydroxyl groups is 1. The van der Waals surface area contributed by atoms with Crippen LogP contribution in [0.25, 0.3) is 0 Å². The van der Waals surface area contributed by atoms with E-state index in [0.717, 1.165) is 18.5 Å². The molecular weight excluding hydrogens is 341 g/mol. The number of halogens is 2. The van der Waals surface area contributed by atoms with Crippen LogP contribution in [0.1, 0.15) is 63.4 Å². The van der Waals surface area contributed by atoms with E-state index in [-0.39, 0.29) is 24.8 Å². The topological polar surface area (TPSA) is 23.5 Å². The number of likely N-dealkylation sites (tertiary alicyclic amines) is 1. The maximum atomic E-state index is 11.6.